The molecule has 4 nitrogen and oxygen atoms in total. The van der Waals surface area contributed by atoms with Gasteiger partial charge in [-0.2, -0.15) is 0 Å². The summed E-state index contributed by atoms with van der Waals surface area (Å²) < 4.78 is 0. The Morgan fingerprint density at radius 2 is 1.96 bits per heavy atom. The van der Waals surface area contributed by atoms with Crippen LogP contribution < -0.4 is 10.6 Å². The van der Waals surface area contributed by atoms with Crippen LogP contribution in [0.3, 0.4) is 0 Å². The van der Waals surface area contributed by atoms with E-state index in [1.54, 1.807) is 11.3 Å². The summed E-state index contributed by atoms with van der Waals surface area (Å²) in [5.41, 5.74) is 1.26. The van der Waals surface area contributed by atoms with Crippen molar-refractivity contribution in [2.24, 2.45) is 4.99 Å². The maximum atomic E-state index is 5.90. The predicted octanol–water partition coefficient (Wildman–Crippen LogP) is 4.06. The maximum absolute atomic E-state index is 5.90. The Balaban J connectivity index is 0.00000288. The van der Waals surface area contributed by atoms with E-state index in [-0.39, 0.29) is 24.0 Å². The van der Waals surface area contributed by atoms with Crippen molar-refractivity contribution in [1.29, 1.82) is 0 Å². The molecule has 0 saturated carbocycles. The summed E-state index contributed by atoms with van der Waals surface area (Å²) in [5.74, 6) is 0.856. The molecule has 0 bridgehead atoms. The fourth-order valence-corrected chi connectivity index (χ4v) is 3.00. The molecule has 0 fully saturated rings. The van der Waals surface area contributed by atoms with Crippen molar-refractivity contribution < 1.29 is 0 Å². The van der Waals surface area contributed by atoms with E-state index in [1.807, 2.05) is 18.3 Å². The zero-order valence-electron chi connectivity index (χ0n) is 14.0. The summed E-state index contributed by atoms with van der Waals surface area (Å²) in [6, 6.07) is 7.95. The van der Waals surface area contributed by atoms with Gasteiger partial charge in [0, 0.05) is 42.2 Å². The molecule has 2 rings (SSSR count). The molecule has 0 amide bonds. The van der Waals surface area contributed by atoms with E-state index in [1.165, 1.54) is 10.4 Å². The van der Waals surface area contributed by atoms with E-state index >= 15 is 0 Å². The first-order valence-electron chi connectivity index (χ1n) is 7.85. The Morgan fingerprint density at radius 1 is 1.21 bits per heavy atom. The molecule has 2 aromatic rings. The molecule has 0 unspecified atom stereocenters. The van der Waals surface area contributed by atoms with Crippen LogP contribution in [0.15, 0.2) is 35.5 Å². The third-order valence-electron chi connectivity index (χ3n) is 3.23. The van der Waals surface area contributed by atoms with E-state index in [9.17, 15) is 0 Å². The summed E-state index contributed by atoms with van der Waals surface area (Å²) in [6.07, 6.45) is 3.73. The average molecular weight is 479 g/mol. The topological polar surface area (TPSA) is 49.3 Å². The van der Waals surface area contributed by atoms with Crippen molar-refractivity contribution in [3.63, 3.8) is 0 Å². The lowest BCUT2D eigenvalue weighted by atomic mass is 10.1. The van der Waals surface area contributed by atoms with Crippen LogP contribution in [-0.4, -0.2) is 30.6 Å². The highest BCUT2D eigenvalue weighted by molar-refractivity contribution is 14.0. The molecule has 0 spiro atoms. The molecule has 0 aliphatic carbocycles. The molecule has 1 aromatic heterocycles. The lowest BCUT2D eigenvalue weighted by Gasteiger charge is -2.11. The number of aromatic nitrogens is 1. The molecule has 1 heterocycles. The summed E-state index contributed by atoms with van der Waals surface area (Å²) >= 11 is 7.63. The lowest BCUT2D eigenvalue weighted by molar-refractivity contribution is 0.796. The first-order valence-corrected chi connectivity index (χ1v) is 9.04. The summed E-state index contributed by atoms with van der Waals surface area (Å²) in [4.78, 5) is 10.2. The Labute approximate surface area is 170 Å². The molecule has 0 radical (unpaired) electrons. The first kappa shape index (κ1) is 21.2. The Hall–Kier alpha value is -0.860. The Kier molecular flexibility index (Phi) is 10.3. The number of hydrogen-bond acceptors (Lipinski definition) is 3. The number of hydrogen-bond donors (Lipinski definition) is 2. The zero-order valence-corrected chi connectivity index (χ0v) is 17.9. The summed E-state index contributed by atoms with van der Waals surface area (Å²) in [5, 5.41) is 8.55. The van der Waals surface area contributed by atoms with Crippen LogP contribution in [0.5, 0.6) is 0 Å². The van der Waals surface area contributed by atoms with Crippen molar-refractivity contribution >= 4 is 52.9 Å². The molecule has 0 aliphatic rings. The van der Waals surface area contributed by atoms with Crippen molar-refractivity contribution in [3.05, 3.63) is 50.9 Å². The first-order chi connectivity index (χ1) is 11.2. The molecular weight excluding hydrogens is 455 g/mol. The smallest absolute Gasteiger partial charge is 0.191 e. The number of rotatable bonds is 7. The molecule has 2 N–H and O–H groups in total. The van der Waals surface area contributed by atoms with Gasteiger partial charge in [0.2, 0.25) is 0 Å². The third kappa shape index (κ3) is 7.81. The van der Waals surface area contributed by atoms with Gasteiger partial charge in [-0.15, -0.1) is 35.3 Å². The van der Waals surface area contributed by atoms with Crippen molar-refractivity contribution in [3.8, 4) is 0 Å². The second kappa shape index (κ2) is 11.7. The van der Waals surface area contributed by atoms with Crippen molar-refractivity contribution in [2.45, 2.75) is 26.7 Å². The highest BCUT2D eigenvalue weighted by atomic mass is 127. The average Bonchev–Trinajstić information content (AvgIpc) is 2.95. The second-order valence-corrected chi connectivity index (χ2v) is 6.93. The van der Waals surface area contributed by atoms with Gasteiger partial charge < -0.3 is 10.6 Å². The van der Waals surface area contributed by atoms with E-state index in [4.69, 9.17) is 11.6 Å². The molecular formula is C17H24ClIN4S. The predicted molar refractivity (Wildman–Crippen MR) is 115 cm³/mol. The summed E-state index contributed by atoms with van der Waals surface area (Å²) in [6.45, 7) is 6.57. The van der Waals surface area contributed by atoms with Gasteiger partial charge >= 0.3 is 0 Å². The minimum atomic E-state index is 0. The number of thiazole rings is 1. The van der Waals surface area contributed by atoms with Gasteiger partial charge in [-0.3, -0.25) is 4.99 Å². The van der Waals surface area contributed by atoms with Crippen molar-refractivity contribution in [1.82, 2.24) is 15.6 Å². The second-order valence-electron chi connectivity index (χ2n) is 5.18. The standard InChI is InChI=1S/C17H23ClN4S.HI/c1-3-19-17(21-11-9-16-22-12-13(2)23-16)20-10-8-14-4-6-15(18)7-5-14;/h4-7,12H,3,8-11H2,1-2H3,(H2,19,20,21);1H. The van der Waals surface area contributed by atoms with Crippen LogP contribution in [0, 0.1) is 6.92 Å². The number of nitrogens with one attached hydrogen (secondary N) is 2. The minimum absolute atomic E-state index is 0. The quantitative estimate of drug-likeness (QED) is 0.358. The number of halogens is 2. The largest absolute Gasteiger partial charge is 0.357 e. The van der Waals surface area contributed by atoms with Gasteiger partial charge in [0.05, 0.1) is 5.01 Å². The number of nitrogens with zero attached hydrogens (tertiary/aromatic N) is 2. The van der Waals surface area contributed by atoms with Crippen LogP contribution in [-0.2, 0) is 12.8 Å². The van der Waals surface area contributed by atoms with Crippen LogP contribution in [0.25, 0.3) is 0 Å². The lowest BCUT2D eigenvalue weighted by Crippen LogP contribution is -2.38. The van der Waals surface area contributed by atoms with Gasteiger partial charge in [0.25, 0.3) is 0 Å². The summed E-state index contributed by atoms with van der Waals surface area (Å²) in [7, 11) is 0. The Bertz CT molecular complexity index is 628. The fraction of sp³-hybridized carbons (Fsp3) is 0.412. The molecule has 1 aromatic carbocycles. The van der Waals surface area contributed by atoms with Crippen LogP contribution in [0.2, 0.25) is 5.02 Å². The number of benzene rings is 1. The van der Waals surface area contributed by atoms with E-state index in [0.717, 1.165) is 48.5 Å². The van der Waals surface area contributed by atoms with Crippen molar-refractivity contribution in [2.75, 3.05) is 19.6 Å². The van der Waals surface area contributed by atoms with Crippen LogP contribution >= 0.6 is 46.9 Å². The van der Waals surface area contributed by atoms with E-state index in [0.29, 0.717) is 0 Å². The maximum Gasteiger partial charge on any atom is 0.191 e. The minimum Gasteiger partial charge on any atom is -0.357 e. The molecule has 0 aliphatic heterocycles. The number of guanidine groups is 1. The normalized spacial score (nSPS) is 11.0. The van der Waals surface area contributed by atoms with E-state index < -0.39 is 0 Å². The van der Waals surface area contributed by atoms with Crippen LogP contribution in [0.1, 0.15) is 22.4 Å². The molecule has 0 atom stereocenters. The number of aryl methyl sites for hydroxylation is 1. The SMILES string of the molecule is CCNC(=NCCc1ncc(C)s1)NCCc1ccc(Cl)cc1.I. The van der Waals surface area contributed by atoms with Gasteiger partial charge in [-0.05, 0) is 38.0 Å². The van der Waals surface area contributed by atoms with Gasteiger partial charge in [0.1, 0.15) is 0 Å². The Morgan fingerprint density at radius 3 is 2.58 bits per heavy atom. The third-order valence-corrected chi connectivity index (χ3v) is 4.45. The molecule has 132 valence electrons. The highest BCUT2D eigenvalue weighted by Gasteiger charge is 2.00. The molecule has 24 heavy (non-hydrogen) atoms. The van der Waals surface area contributed by atoms with Crippen LogP contribution in [0.4, 0.5) is 0 Å². The highest BCUT2D eigenvalue weighted by Crippen LogP contribution is 2.11. The fourth-order valence-electron chi connectivity index (χ4n) is 2.10. The van der Waals surface area contributed by atoms with Gasteiger partial charge in [-0.25, -0.2) is 4.98 Å². The molecule has 0 saturated heterocycles. The van der Waals surface area contributed by atoms with E-state index in [2.05, 4.69) is 46.6 Å². The molecule has 7 heteroatoms. The number of aliphatic imine (C=N–C) groups is 1. The van der Waals surface area contributed by atoms with Gasteiger partial charge in [0.15, 0.2) is 5.96 Å². The van der Waals surface area contributed by atoms with Gasteiger partial charge in [-0.1, -0.05) is 23.7 Å². The monoisotopic (exact) mass is 478 g/mol. The zero-order chi connectivity index (χ0) is 16.5.